The van der Waals surface area contributed by atoms with Crippen molar-refractivity contribution in [1.82, 2.24) is 10.6 Å². The van der Waals surface area contributed by atoms with Gasteiger partial charge in [0.05, 0.1) is 0 Å². The molecule has 5 rings (SSSR count). The summed E-state index contributed by atoms with van der Waals surface area (Å²) in [7, 11) is 0. The maximum atomic E-state index is 12.4. The molecule has 4 bridgehead atoms. The van der Waals surface area contributed by atoms with Gasteiger partial charge in [0, 0.05) is 13.0 Å². The zero-order chi connectivity index (χ0) is 19.0. The van der Waals surface area contributed by atoms with Crippen molar-refractivity contribution in [1.29, 1.82) is 0 Å². The number of rotatable bonds is 6. The van der Waals surface area contributed by atoms with Crippen LogP contribution >= 0.6 is 0 Å². The molecule has 1 unspecified atom stereocenters. The molecule has 0 aromatic heterocycles. The second-order valence-electron chi connectivity index (χ2n) is 8.77. The Morgan fingerprint density at radius 2 is 1.63 bits per heavy atom. The highest BCUT2D eigenvalue weighted by atomic mass is 16.3. The Labute approximate surface area is 159 Å². The van der Waals surface area contributed by atoms with E-state index < -0.39 is 11.9 Å². The van der Waals surface area contributed by atoms with Crippen LogP contribution in [0.1, 0.15) is 37.7 Å². The van der Waals surface area contributed by atoms with E-state index in [0.717, 1.165) is 29.2 Å². The van der Waals surface area contributed by atoms with E-state index in [1.165, 1.54) is 32.1 Å². The van der Waals surface area contributed by atoms with Crippen LogP contribution in [-0.4, -0.2) is 29.6 Å². The van der Waals surface area contributed by atoms with Crippen LogP contribution in [-0.2, 0) is 11.2 Å². The molecule has 0 heterocycles. The van der Waals surface area contributed by atoms with Crippen molar-refractivity contribution in [3.8, 4) is 5.75 Å². The lowest BCUT2D eigenvalue weighted by Crippen LogP contribution is -2.53. The monoisotopic (exact) mass is 371 g/mol. The topological polar surface area (TPSA) is 104 Å². The molecule has 0 saturated heterocycles. The second kappa shape index (κ2) is 7.41. The molecule has 0 aliphatic heterocycles. The van der Waals surface area contributed by atoms with Crippen LogP contribution in [0, 0.1) is 29.6 Å². The molecule has 1 atom stereocenters. The average Bonchev–Trinajstić information content (AvgIpc) is 2.61. The van der Waals surface area contributed by atoms with Gasteiger partial charge in [-0.15, -0.1) is 0 Å². The molecule has 4 saturated carbocycles. The molecular formula is C21H29N3O3. The number of amides is 3. The third kappa shape index (κ3) is 4.04. The van der Waals surface area contributed by atoms with Gasteiger partial charge in [-0.1, -0.05) is 12.1 Å². The summed E-state index contributed by atoms with van der Waals surface area (Å²) in [6.45, 7) is 0.686. The summed E-state index contributed by atoms with van der Waals surface area (Å²) in [5, 5.41) is 15.1. The molecule has 0 radical (unpaired) electrons. The fraction of sp³-hybridized carbons (Fsp3) is 0.619. The number of phenolic OH excluding ortho intramolecular Hbond substituents is 1. The Hall–Kier alpha value is -2.24. The summed E-state index contributed by atoms with van der Waals surface area (Å²) >= 11 is 0. The maximum Gasteiger partial charge on any atom is 0.315 e. The third-order valence-electron chi connectivity index (χ3n) is 6.95. The summed E-state index contributed by atoms with van der Waals surface area (Å²) in [6.07, 6.45) is 7.03. The van der Waals surface area contributed by atoms with Crippen LogP contribution in [0.4, 0.5) is 4.79 Å². The van der Waals surface area contributed by atoms with Gasteiger partial charge < -0.3 is 21.5 Å². The predicted octanol–water partition coefficient (Wildman–Crippen LogP) is 2.16. The Kier molecular flexibility index (Phi) is 4.98. The molecule has 1 aromatic carbocycles. The van der Waals surface area contributed by atoms with Crippen LogP contribution in [0.2, 0.25) is 0 Å². The summed E-state index contributed by atoms with van der Waals surface area (Å²) in [5.41, 5.74) is 6.30. The van der Waals surface area contributed by atoms with Gasteiger partial charge in [0.15, 0.2) is 0 Å². The van der Waals surface area contributed by atoms with Gasteiger partial charge in [-0.2, -0.15) is 0 Å². The smallest absolute Gasteiger partial charge is 0.315 e. The van der Waals surface area contributed by atoms with Crippen molar-refractivity contribution in [2.45, 2.75) is 44.6 Å². The van der Waals surface area contributed by atoms with Crippen molar-refractivity contribution in [3.05, 3.63) is 29.8 Å². The maximum absolute atomic E-state index is 12.4. The van der Waals surface area contributed by atoms with Crippen LogP contribution < -0.4 is 16.4 Å². The molecule has 3 amide bonds. The Morgan fingerprint density at radius 1 is 1.04 bits per heavy atom. The summed E-state index contributed by atoms with van der Waals surface area (Å²) in [6, 6.07) is 5.46. The molecule has 6 heteroatoms. The Morgan fingerprint density at radius 3 is 2.19 bits per heavy atom. The normalized spacial score (nSPS) is 32.1. The number of phenols is 1. The summed E-state index contributed by atoms with van der Waals surface area (Å²) in [5.74, 6) is 3.52. The van der Waals surface area contributed by atoms with Crippen molar-refractivity contribution in [2.75, 3.05) is 6.54 Å². The highest BCUT2D eigenvalue weighted by Crippen LogP contribution is 2.56. The number of hydrogen-bond donors (Lipinski definition) is 4. The highest BCUT2D eigenvalue weighted by molar-refractivity contribution is 5.86. The molecule has 4 fully saturated rings. The first-order valence-corrected chi connectivity index (χ1v) is 10.1. The number of carbonyl (C=O) groups excluding carboxylic acids is 2. The highest BCUT2D eigenvalue weighted by Gasteiger charge is 2.47. The van der Waals surface area contributed by atoms with Crippen molar-refractivity contribution in [2.24, 2.45) is 35.3 Å². The predicted molar refractivity (Wildman–Crippen MR) is 102 cm³/mol. The van der Waals surface area contributed by atoms with Gasteiger partial charge in [-0.05, 0) is 79.4 Å². The molecule has 1 aromatic rings. The molecule has 4 aliphatic rings. The number of benzene rings is 1. The first-order valence-electron chi connectivity index (χ1n) is 10.1. The van der Waals surface area contributed by atoms with Crippen LogP contribution in [0.3, 0.4) is 0 Å². The van der Waals surface area contributed by atoms with E-state index in [4.69, 9.17) is 5.73 Å². The van der Waals surface area contributed by atoms with E-state index in [1.807, 2.05) is 0 Å². The fourth-order valence-electron chi connectivity index (χ4n) is 5.88. The van der Waals surface area contributed by atoms with E-state index in [2.05, 4.69) is 10.6 Å². The van der Waals surface area contributed by atoms with Crippen LogP contribution in [0.25, 0.3) is 0 Å². The van der Waals surface area contributed by atoms with Crippen molar-refractivity contribution in [3.63, 3.8) is 0 Å². The number of hydrogen-bond acceptors (Lipinski definition) is 3. The largest absolute Gasteiger partial charge is 0.508 e. The minimum absolute atomic E-state index is 0.163. The summed E-state index contributed by atoms with van der Waals surface area (Å²) < 4.78 is 0. The van der Waals surface area contributed by atoms with E-state index in [9.17, 15) is 14.7 Å². The van der Waals surface area contributed by atoms with Crippen molar-refractivity contribution >= 4 is 11.9 Å². The zero-order valence-electron chi connectivity index (χ0n) is 15.6. The second-order valence-corrected chi connectivity index (χ2v) is 8.77. The van der Waals surface area contributed by atoms with Crippen LogP contribution in [0.15, 0.2) is 24.3 Å². The lowest BCUT2D eigenvalue weighted by molar-refractivity contribution is -0.119. The minimum Gasteiger partial charge on any atom is -0.508 e. The van der Waals surface area contributed by atoms with Gasteiger partial charge in [0.25, 0.3) is 0 Å². The van der Waals surface area contributed by atoms with E-state index >= 15 is 0 Å². The number of carbonyl (C=O) groups is 2. The quantitative estimate of drug-likeness (QED) is 0.616. The first-order chi connectivity index (χ1) is 13.0. The van der Waals surface area contributed by atoms with Gasteiger partial charge in [-0.3, -0.25) is 4.79 Å². The molecule has 4 aliphatic carbocycles. The van der Waals surface area contributed by atoms with E-state index in [-0.39, 0.29) is 11.8 Å². The van der Waals surface area contributed by atoms with Crippen LogP contribution in [0.5, 0.6) is 5.75 Å². The molecule has 27 heavy (non-hydrogen) atoms. The number of urea groups is 1. The number of primary amides is 1. The third-order valence-corrected chi connectivity index (χ3v) is 6.95. The lowest BCUT2D eigenvalue weighted by atomic mass is 9.52. The van der Waals surface area contributed by atoms with Gasteiger partial charge in [0.2, 0.25) is 5.91 Å². The SMILES string of the molecule is NC(=O)C(Cc1ccc(O)cc1)NC(=O)NCC1C2CC3CC(C2)CC1C3. The zero-order valence-corrected chi connectivity index (χ0v) is 15.6. The standard InChI is InChI=1S/C21H29N3O3/c22-20(26)19(10-12-1-3-17(25)4-2-12)24-21(27)23-11-18-15-6-13-5-14(8-15)9-16(18)7-13/h1-4,13-16,18-19,25H,5-11H2,(H2,22,26)(H2,23,24,27). The van der Waals surface area contributed by atoms with E-state index in [1.54, 1.807) is 24.3 Å². The summed E-state index contributed by atoms with van der Waals surface area (Å²) in [4.78, 5) is 24.1. The minimum atomic E-state index is -0.770. The number of aromatic hydroxyl groups is 1. The Balaban J connectivity index is 1.29. The van der Waals surface area contributed by atoms with Crippen molar-refractivity contribution < 1.29 is 14.7 Å². The van der Waals surface area contributed by atoms with Gasteiger partial charge in [-0.25, -0.2) is 4.79 Å². The number of nitrogens with two attached hydrogens (primary N) is 1. The molecular weight excluding hydrogens is 342 g/mol. The molecule has 5 N–H and O–H groups in total. The average molecular weight is 371 g/mol. The fourth-order valence-corrected chi connectivity index (χ4v) is 5.88. The molecule has 146 valence electrons. The molecule has 6 nitrogen and oxygen atoms in total. The van der Waals surface area contributed by atoms with Gasteiger partial charge >= 0.3 is 6.03 Å². The first kappa shape index (κ1) is 18.1. The lowest BCUT2D eigenvalue weighted by Gasteiger charge is -2.54. The Bertz CT molecular complexity index is 675. The van der Waals surface area contributed by atoms with E-state index in [0.29, 0.717) is 18.9 Å². The molecule has 0 spiro atoms. The van der Waals surface area contributed by atoms with Gasteiger partial charge in [0.1, 0.15) is 11.8 Å². The number of nitrogens with one attached hydrogen (secondary N) is 2.